The van der Waals surface area contributed by atoms with Crippen molar-refractivity contribution in [3.8, 4) is 17.2 Å². The van der Waals surface area contributed by atoms with Crippen LogP contribution in [0.1, 0.15) is 22.8 Å². The molecule has 0 radical (unpaired) electrons. The fourth-order valence-corrected chi connectivity index (χ4v) is 2.99. The highest BCUT2D eigenvalue weighted by atomic mass is 16.5. The lowest BCUT2D eigenvalue weighted by Crippen LogP contribution is -2.21. The van der Waals surface area contributed by atoms with Gasteiger partial charge in [0.25, 0.3) is 0 Å². The molecule has 0 spiro atoms. The van der Waals surface area contributed by atoms with E-state index < -0.39 is 6.10 Å². The van der Waals surface area contributed by atoms with Gasteiger partial charge in [0.05, 0.1) is 20.3 Å². The largest absolute Gasteiger partial charge is 0.497 e. The summed E-state index contributed by atoms with van der Waals surface area (Å²) in [7, 11) is 3.18. The summed E-state index contributed by atoms with van der Waals surface area (Å²) in [6, 6.07) is 17.1. The van der Waals surface area contributed by atoms with E-state index in [1.165, 1.54) is 0 Å². The Labute approximate surface area is 171 Å². The van der Waals surface area contributed by atoms with Gasteiger partial charge in [-0.1, -0.05) is 24.3 Å². The van der Waals surface area contributed by atoms with E-state index in [1.807, 2.05) is 36.4 Å². The third kappa shape index (κ3) is 5.70. The molecule has 29 heavy (non-hydrogen) atoms. The maximum absolute atomic E-state index is 10.6. The van der Waals surface area contributed by atoms with Gasteiger partial charge in [-0.2, -0.15) is 0 Å². The molecule has 0 bridgehead atoms. The van der Waals surface area contributed by atoms with E-state index in [4.69, 9.17) is 14.2 Å². The lowest BCUT2D eigenvalue weighted by Gasteiger charge is -2.17. The Morgan fingerprint density at radius 1 is 1.00 bits per heavy atom. The summed E-state index contributed by atoms with van der Waals surface area (Å²) < 4.78 is 16.6. The first-order chi connectivity index (χ1) is 14.2. The Hall–Kier alpha value is -3.09. The number of nitrogens with one attached hydrogen (secondary N) is 1. The van der Waals surface area contributed by atoms with Crippen LogP contribution in [0.15, 0.2) is 67.0 Å². The fourth-order valence-electron chi connectivity index (χ4n) is 2.99. The maximum Gasteiger partial charge on any atom is 0.124 e. The molecule has 0 fully saturated rings. The highest BCUT2D eigenvalue weighted by molar-refractivity contribution is 5.42. The van der Waals surface area contributed by atoms with E-state index in [-0.39, 0.29) is 0 Å². The van der Waals surface area contributed by atoms with Crippen LogP contribution in [0.5, 0.6) is 17.2 Å². The molecule has 1 atom stereocenters. The quantitative estimate of drug-likeness (QED) is 0.548. The smallest absolute Gasteiger partial charge is 0.124 e. The first kappa shape index (κ1) is 20.6. The summed E-state index contributed by atoms with van der Waals surface area (Å²) in [6.45, 7) is 1.38. The van der Waals surface area contributed by atoms with Gasteiger partial charge in [-0.05, 0) is 30.3 Å². The molecule has 0 aliphatic carbocycles. The molecule has 6 heteroatoms. The van der Waals surface area contributed by atoms with Gasteiger partial charge in [-0.3, -0.25) is 4.98 Å². The van der Waals surface area contributed by atoms with Crippen molar-refractivity contribution in [3.63, 3.8) is 0 Å². The highest BCUT2D eigenvalue weighted by Crippen LogP contribution is 2.29. The van der Waals surface area contributed by atoms with Gasteiger partial charge in [0, 0.05) is 42.2 Å². The van der Waals surface area contributed by atoms with E-state index in [2.05, 4.69) is 10.3 Å². The molecule has 6 nitrogen and oxygen atoms in total. The normalized spacial score (nSPS) is 11.7. The second kappa shape index (κ2) is 10.5. The zero-order valence-electron chi connectivity index (χ0n) is 16.7. The van der Waals surface area contributed by atoms with Crippen LogP contribution in [0.4, 0.5) is 0 Å². The summed E-state index contributed by atoms with van der Waals surface area (Å²) in [5, 5.41) is 13.9. The number of aliphatic hydroxyl groups is 1. The molecule has 1 aromatic heterocycles. The zero-order valence-corrected chi connectivity index (χ0v) is 16.7. The van der Waals surface area contributed by atoms with Gasteiger partial charge in [0.1, 0.15) is 23.9 Å². The van der Waals surface area contributed by atoms with Gasteiger partial charge in [-0.25, -0.2) is 0 Å². The minimum atomic E-state index is -0.733. The fraction of sp³-hybridized carbons (Fsp3) is 0.261. The van der Waals surface area contributed by atoms with Crippen LogP contribution in [0.25, 0.3) is 0 Å². The average molecular weight is 394 g/mol. The van der Waals surface area contributed by atoms with Gasteiger partial charge < -0.3 is 24.6 Å². The van der Waals surface area contributed by atoms with Crippen molar-refractivity contribution in [2.45, 2.75) is 19.3 Å². The first-order valence-electron chi connectivity index (χ1n) is 9.41. The first-order valence-corrected chi connectivity index (χ1v) is 9.41. The number of ether oxygens (including phenoxy) is 3. The minimum absolute atomic E-state index is 0.362. The van der Waals surface area contributed by atoms with Crippen LogP contribution in [0.3, 0.4) is 0 Å². The van der Waals surface area contributed by atoms with Gasteiger partial charge in [0.15, 0.2) is 0 Å². The summed E-state index contributed by atoms with van der Waals surface area (Å²) >= 11 is 0. The van der Waals surface area contributed by atoms with E-state index in [0.717, 1.165) is 16.9 Å². The van der Waals surface area contributed by atoms with Crippen molar-refractivity contribution in [1.82, 2.24) is 10.3 Å². The van der Waals surface area contributed by atoms with Crippen LogP contribution in [0.2, 0.25) is 0 Å². The number of benzene rings is 2. The van der Waals surface area contributed by atoms with Crippen LogP contribution in [-0.4, -0.2) is 30.9 Å². The Morgan fingerprint density at radius 2 is 1.86 bits per heavy atom. The Bertz CT molecular complexity index is 902. The van der Waals surface area contributed by atoms with Crippen LogP contribution >= 0.6 is 0 Å². The van der Waals surface area contributed by atoms with Gasteiger partial charge in [-0.15, -0.1) is 0 Å². The van der Waals surface area contributed by atoms with E-state index >= 15 is 0 Å². The molecule has 1 unspecified atom stereocenters. The monoisotopic (exact) mass is 394 g/mol. The molecule has 3 rings (SSSR count). The average Bonchev–Trinajstić information content (AvgIpc) is 2.78. The van der Waals surface area contributed by atoms with Crippen molar-refractivity contribution in [1.29, 1.82) is 0 Å². The molecule has 2 N–H and O–H groups in total. The number of methoxy groups -OCH3 is 2. The Balaban J connectivity index is 1.59. The lowest BCUT2D eigenvalue weighted by molar-refractivity contribution is 0.169. The van der Waals surface area contributed by atoms with Crippen molar-refractivity contribution < 1.29 is 19.3 Å². The summed E-state index contributed by atoms with van der Waals surface area (Å²) in [6.07, 6.45) is 2.80. The second-order valence-corrected chi connectivity index (χ2v) is 6.51. The Kier molecular flexibility index (Phi) is 7.44. The number of aliphatic hydroxyl groups excluding tert-OH is 1. The molecule has 0 amide bonds. The molecule has 0 aliphatic heterocycles. The van der Waals surface area contributed by atoms with Crippen molar-refractivity contribution in [2.75, 3.05) is 20.8 Å². The number of aromatic nitrogens is 1. The Morgan fingerprint density at radius 3 is 2.62 bits per heavy atom. The third-order valence-corrected chi connectivity index (χ3v) is 4.54. The van der Waals surface area contributed by atoms with E-state index in [0.29, 0.717) is 36.8 Å². The lowest BCUT2D eigenvalue weighted by atomic mass is 10.1. The topological polar surface area (TPSA) is 72.8 Å². The zero-order chi connectivity index (χ0) is 20.5. The highest BCUT2D eigenvalue weighted by Gasteiger charge is 2.15. The molecule has 2 aromatic carbocycles. The van der Waals surface area contributed by atoms with Gasteiger partial charge >= 0.3 is 0 Å². The van der Waals surface area contributed by atoms with Crippen LogP contribution in [-0.2, 0) is 13.2 Å². The third-order valence-electron chi connectivity index (χ3n) is 4.54. The van der Waals surface area contributed by atoms with Gasteiger partial charge in [0.2, 0.25) is 0 Å². The number of hydrogen-bond acceptors (Lipinski definition) is 6. The molecule has 3 aromatic rings. The molecule has 0 aliphatic rings. The number of rotatable bonds is 10. The molecule has 0 saturated heterocycles. The predicted molar refractivity (Wildman–Crippen MR) is 111 cm³/mol. The summed E-state index contributed by atoms with van der Waals surface area (Å²) in [5.74, 6) is 2.10. The van der Waals surface area contributed by atoms with Crippen molar-refractivity contribution in [2.24, 2.45) is 0 Å². The molecular formula is C23H26N2O4. The standard InChI is InChI=1S/C23H26N2O4/c1-27-19-9-10-23(28-2)20(12-19)21(26)15-25-14-18-7-3-4-8-22(18)29-16-17-6-5-11-24-13-17/h3-13,21,25-26H,14-16H2,1-2H3. The number of nitrogens with zero attached hydrogens (tertiary/aromatic N) is 1. The van der Waals surface area contributed by atoms with Crippen molar-refractivity contribution >= 4 is 0 Å². The SMILES string of the molecule is COc1ccc(OC)c(C(O)CNCc2ccccc2OCc2cccnc2)c1. The van der Waals surface area contributed by atoms with E-state index in [9.17, 15) is 5.11 Å². The summed E-state index contributed by atoms with van der Waals surface area (Å²) in [4.78, 5) is 4.10. The number of para-hydroxylation sites is 1. The molecular weight excluding hydrogens is 368 g/mol. The second-order valence-electron chi connectivity index (χ2n) is 6.51. The number of hydrogen-bond donors (Lipinski definition) is 2. The molecule has 152 valence electrons. The summed E-state index contributed by atoms with van der Waals surface area (Å²) in [5.41, 5.74) is 2.71. The van der Waals surface area contributed by atoms with Crippen LogP contribution in [0, 0.1) is 0 Å². The molecule has 1 heterocycles. The minimum Gasteiger partial charge on any atom is -0.497 e. The maximum atomic E-state index is 10.6. The van der Waals surface area contributed by atoms with E-state index in [1.54, 1.807) is 44.8 Å². The predicted octanol–water partition coefficient (Wildman–Crippen LogP) is 3.50. The number of pyridine rings is 1. The molecule has 0 saturated carbocycles. The van der Waals surface area contributed by atoms with Crippen molar-refractivity contribution in [3.05, 3.63) is 83.7 Å². The van der Waals surface area contributed by atoms with Crippen LogP contribution < -0.4 is 19.5 Å².